The van der Waals surface area contributed by atoms with Crippen LogP contribution in [0.5, 0.6) is 5.75 Å². The second kappa shape index (κ2) is 10.8. The molecule has 1 aromatic heterocycles. The third-order valence-electron chi connectivity index (χ3n) is 8.83. The first-order valence-corrected chi connectivity index (χ1v) is 15.1. The van der Waals surface area contributed by atoms with E-state index in [4.69, 9.17) is 9.57 Å². The van der Waals surface area contributed by atoms with E-state index in [9.17, 15) is 27.2 Å². The molecule has 4 atom stereocenters. The van der Waals surface area contributed by atoms with Gasteiger partial charge in [0, 0.05) is 17.2 Å². The van der Waals surface area contributed by atoms with Crippen LogP contribution < -0.4 is 15.4 Å². The Bertz CT molecular complexity index is 1910. The van der Waals surface area contributed by atoms with E-state index in [-0.39, 0.29) is 34.5 Å². The minimum atomic E-state index is -4.95. The number of aromatic nitrogens is 1. The summed E-state index contributed by atoms with van der Waals surface area (Å²) in [5, 5.41) is 10.3. The smallest absolute Gasteiger partial charge is 0.419 e. The monoisotopic (exact) mass is 638 g/mol. The standard InChI is InChI=1S/C32H26F4N4O4S/c1-14-37-24-13-23(19(12-26(24)45-14)30(41)38-18-6-7-22(33)21(11-18)32(34,35)36)39-31(42)20-10-16(5-8-25(20)43-2)28-27-15-3-4-17(9-15)29(27)44-40-28/h5-8,10-13,15,17,27,29H,3-4,9H2,1-2H3,(H,38,41)(H,39,42). The minimum Gasteiger partial charge on any atom is -0.496 e. The number of rotatable bonds is 6. The highest BCUT2D eigenvalue weighted by Gasteiger charge is 2.54. The van der Waals surface area contributed by atoms with E-state index in [1.54, 1.807) is 19.1 Å². The zero-order chi connectivity index (χ0) is 31.6. The molecular weight excluding hydrogens is 612 g/mol. The SMILES string of the molecule is COc1ccc(C2=NOC3C4CCC(C4)C23)cc1C(=O)Nc1cc2nc(C)sc2cc1C(=O)Nc1ccc(F)c(C(F)(F)F)c1. The number of carbonyl (C=O) groups excluding carboxylic acids is 2. The third kappa shape index (κ3) is 5.18. The number of nitrogens with one attached hydrogen (secondary N) is 2. The number of benzene rings is 3. The lowest BCUT2D eigenvalue weighted by molar-refractivity contribution is -0.139. The predicted octanol–water partition coefficient (Wildman–Crippen LogP) is 7.42. The number of ether oxygens (including phenoxy) is 1. The molecule has 45 heavy (non-hydrogen) atoms. The number of oxime groups is 1. The first kappa shape index (κ1) is 29.2. The molecule has 4 unspecified atom stereocenters. The van der Waals surface area contributed by atoms with Gasteiger partial charge in [-0.1, -0.05) is 5.16 Å². The molecule has 3 aromatic carbocycles. The second-order valence-corrected chi connectivity index (χ2v) is 12.8. The Morgan fingerprint density at radius 2 is 1.78 bits per heavy atom. The Morgan fingerprint density at radius 1 is 1.00 bits per heavy atom. The quantitative estimate of drug-likeness (QED) is 0.214. The number of methoxy groups -OCH3 is 1. The summed E-state index contributed by atoms with van der Waals surface area (Å²) in [4.78, 5) is 37.5. The van der Waals surface area contributed by atoms with Crippen LogP contribution in [0.1, 0.15) is 56.1 Å². The van der Waals surface area contributed by atoms with Crippen molar-refractivity contribution in [3.05, 3.63) is 81.6 Å². The average molecular weight is 639 g/mol. The number of aryl methyl sites for hydroxylation is 1. The number of anilines is 2. The zero-order valence-electron chi connectivity index (χ0n) is 24.0. The van der Waals surface area contributed by atoms with Gasteiger partial charge in [-0.25, -0.2) is 9.37 Å². The maximum atomic E-state index is 13.9. The van der Waals surface area contributed by atoms with E-state index in [0.29, 0.717) is 44.9 Å². The highest BCUT2D eigenvalue weighted by molar-refractivity contribution is 7.18. The van der Waals surface area contributed by atoms with Crippen molar-refractivity contribution >= 4 is 50.5 Å². The molecule has 2 N–H and O–H groups in total. The summed E-state index contributed by atoms with van der Waals surface area (Å²) < 4.78 is 59.9. The number of halogens is 4. The van der Waals surface area contributed by atoms with Gasteiger partial charge in [0.05, 0.1) is 50.4 Å². The topological polar surface area (TPSA) is 102 Å². The number of amides is 2. The van der Waals surface area contributed by atoms with E-state index in [0.717, 1.165) is 36.6 Å². The molecule has 8 nitrogen and oxygen atoms in total. The Hall–Kier alpha value is -4.52. The maximum Gasteiger partial charge on any atom is 0.419 e. The number of thiazole rings is 1. The number of alkyl halides is 3. The van der Waals surface area contributed by atoms with Crippen molar-refractivity contribution in [3.63, 3.8) is 0 Å². The summed E-state index contributed by atoms with van der Waals surface area (Å²) >= 11 is 1.31. The van der Waals surface area contributed by atoms with Gasteiger partial charge in [-0.2, -0.15) is 13.2 Å². The van der Waals surface area contributed by atoms with Crippen molar-refractivity contribution in [3.8, 4) is 5.75 Å². The van der Waals surface area contributed by atoms with Crippen LogP contribution in [0, 0.1) is 30.5 Å². The lowest BCUT2D eigenvalue weighted by atomic mass is 9.81. The van der Waals surface area contributed by atoms with Crippen molar-refractivity contribution in [2.24, 2.45) is 22.9 Å². The summed E-state index contributed by atoms with van der Waals surface area (Å²) in [7, 11) is 1.44. The third-order valence-corrected chi connectivity index (χ3v) is 9.76. The normalized spacial score (nSPS) is 21.8. The number of nitrogens with zero attached hydrogens (tertiary/aromatic N) is 2. The van der Waals surface area contributed by atoms with Gasteiger partial charge in [0.1, 0.15) is 17.7 Å². The molecule has 232 valence electrons. The van der Waals surface area contributed by atoms with Gasteiger partial charge in [0.2, 0.25) is 0 Å². The lowest BCUT2D eigenvalue weighted by Gasteiger charge is -2.23. The molecule has 4 aromatic rings. The van der Waals surface area contributed by atoms with Gasteiger partial charge < -0.3 is 20.2 Å². The molecule has 2 heterocycles. The Morgan fingerprint density at radius 3 is 2.56 bits per heavy atom. The number of fused-ring (bicyclic) bond motifs is 6. The fourth-order valence-electron chi connectivity index (χ4n) is 6.83. The molecule has 1 aliphatic heterocycles. The van der Waals surface area contributed by atoms with E-state index in [1.165, 1.54) is 30.6 Å². The van der Waals surface area contributed by atoms with Gasteiger partial charge in [-0.15, -0.1) is 11.3 Å². The lowest BCUT2D eigenvalue weighted by Crippen LogP contribution is -2.30. The fraction of sp³-hybridized carbons (Fsp3) is 0.312. The predicted molar refractivity (Wildman–Crippen MR) is 160 cm³/mol. The van der Waals surface area contributed by atoms with E-state index in [2.05, 4.69) is 20.8 Å². The van der Waals surface area contributed by atoms with Crippen molar-refractivity contribution < 1.29 is 36.7 Å². The molecule has 2 fully saturated rings. The first-order chi connectivity index (χ1) is 21.5. The van der Waals surface area contributed by atoms with Gasteiger partial charge in [-0.3, -0.25) is 9.59 Å². The van der Waals surface area contributed by atoms with E-state index < -0.39 is 29.4 Å². The van der Waals surface area contributed by atoms with Crippen LogP contribution >= 0.6 is 11.3 Å². The number of carbonyl (C=O) groups is 2. The van der Waals surface area contributed by atoms with Crippen LogP contribution in [0.15, 0.2) is 53.7 Å². The minimum absolute atomic E-state index is 0.0223. The number of hydrogen-bond acceptors (Lipinski definition) is 7. The van der Waals surface area contributed by atoms with E-state index >= 15 is 0 Å². The summed E-state index contributed by atoms with van der Waals surface area (Å²) in [5.74, 6) is -1.41. The summed E-state index contributed by atoms with van der Waals surface area (Å²) in [5.41, 5.74) is 0.538. The Labute approximate surface area is 258 Å². The highest BCUT2D eigenvalue weighted by atomic mass is 32.1. The van der Waals surface area contributed by atoms with Crippen molar-refractivity contribution in [2.45, 2.75) is 38.5 Å². The summed E-state index contributed by atoms with van der Waals surface area (Å²) in [6.07, 6.45) is -1.53. The van der Waals surface area contributed by atoms with Crippen molar-refractivity contribution in [1.82, 2.24) is 4.98 Å². The molecule has 7 rings (SSSR count). The summed E-state index contributed by atoms with van der Waals surface area (Å²) in [6, 6.07) is 10.4. The van der Waals surface area contributed by atoms with Crippen LogP contribution in [0.25, 0.3) is 10.2 Å². The summed E-state index contributed by atoms with van der Waals surface area (Å²) in [6.45, 7) is 1.78. The molecule has 2 bridgehead atoms. The van der Waals surface area contributed by atoms with Gasteiger partial charge in [0.15, 0.2) is 0 Å². The molecule has 2 aliphatic carbocycles. The first-order valence-electron chi connectivity index (χ1n) is 14.3. The molecule has 2 saturated carbocycles. The molecule has 2 amide bonds. The van der Waals surface area contributed by atoms with Gasteiger partial charge in [0.25, 0.3) is 11.8 Å². The van der Waals surface area contributed by atoms with Crippen LogP contribution in [-0.4, -0.2) is 35.7 Å². The van der Waals surface area contributed by atoms with Crippen LogP contribution in [0.2, 0.25) is 0 Å². The maximum absolute atomic E-state index is 13.9. The largest absolute Gasteiger partial charge is 0.496 e. The molecule has 0 saturated heterocycles. The van der Waals surface area contributed by atoms with Gasteiger partial charge in [-0.05, 0) is 86.6 Å². The Kier molecular flexibility index (Phi) is 7.03. The second-order valence-electron chi connectivity index (χ2n) is 11.5. The van der Waals surface area contributed by atoms with Crippen LogP contribution in [0.4, 0.5) is 28.9 Å². The molecule has 3 aliphatic rings. The van der Waals surface area contributed by atoms with Crippen molar-refractivity contribution in [1.29, 1.82) is 0 Å². The van der Waals surface area contributed by atoms with E-state index in [1.807, 2.05) is 6.07 Å². The molecule has 0 radical (unpaired) electrons. The van der Waals surface area contributed by atoms with Crippen LogP contribution in [0.3, 0.4) is 0 Å². The molecule has 13 heteroatoms. The van der Waals surface area contributed by atoms with Gasteiger partial charge >= 0.3 is 6.18 Å². The van der Waals surface area contributed by atoms with Crippen molar-refractivity contribution in [2.75, 3.05) is 17.7 Å². The average Bonchev–Trinajstić information content (AvgIpc) is 3.79. The highest BCUT2D eigenvalue weighted by Crippen LogP contribution is 2.53. The Balaban J connectivity index is 1.21. The molecular formula is C32H26F4N4O4S. The molecule has 0 spiro atoms. The van der Waals surface area contributed by atoms with Crippen LogP contribution in [-0.2, 0) is 11.0 Å². The number of hydrogen-bond donors (Lipinski definition) is 2. The zero-order valence-corrected chi connectivity index (χ0v) is 24.8. The fourth-order valence-corrected chi connectivity index (χ4v) is 7.67.